The van der Waals surface area contributed by atoms with E-state index in [-0.39, 0.29) is 5.75 Å². The molecule has 1 aromatic heterocycles. The van der Waals surface area contributed by atoms with E-state index < -0.39 is 10.0 Å². The van der Waals surface area contributed by atoms with Crippen molar-refractivity contribution >= 4 is 15.8 Å². The third kappa shape index (κ3) is 3.71. The van der Waals surface area contributed by atoms with Crippen LogP contribution in [0.4, 0.5) is 5.82 Å². The van der Waals surface area contributed by atoms with Gasteiger partial charge in [0, 0.05) is 12.7 Å². The van der Waals surface area contributed by atoms with Crippen LogP contribution in [0.3, 0.4) is 0 Å². The number of sulfonamides is 1. The summed E-state index contributed by atoms with van der Waals surface area (Å²) < 4.78 is 25.1. The fourth-order valence-corrected chi connectivity index (χ4v) is 1.88. The van der Waals surface area contributed by atoms with Gasteiger partial charge in [0.2, 0.25) is 10.0 Å². The molecule has 1 heterocycles. The number of hydrogen-bond donors (Lipinski definition) is 2. The number of nitrogens with zero attached hydrogens (tertiary/aromatic N) is 1. The minimum atomic E-state index is -3.27. The lowest BCUT2D eigenvalue weighted by Crippen LogP contribution is -2.24. The maximum absolute atomic E-state index is 11.4. The average molecular weight is 215 g/mol. The van der Waals surface area contributed by atoms with Gasteiger partial charge in [0.25, 0.3) is 0 Å². The Morgan fingerprint density at radius 1 is 1.43 bits per heavy atom. The van der Waals surface area contributed by atoms with Crippen LogP contribution in [0.1, 0.15) is 0 Å². The molecule has 0 spiro atoms. The number of hydrogen-bond acceptors (Lipinski definition) is 4. The smallest absolute Gasteiger partial charge is 0.235 e. The second kappa shape index (κ2) is 4.92. The molecule has 0 aliphatic rings. The Hall–Kier alpha value is -1.14. The van der Waals surface area contributed by atoms with Gasteiger partial charge in [-0.05, 0) is 19.2 Å². The molecular formula is C8H13N3O2S. The molecule has 0 unspecified atom stereocenters. The van der Waals surface area contributed by atoms with Crippen molar-refractivity contribution in [3.8, 4) is 0 Å². The SMILES string of the molecule is CNCCS(=O)(=O)Nc1ccccn1. The van der Waals surface area contributed by atoms with Crippen molar-refractivity contribution in [2.45, 2.75) is 0 Å². The highest BCUT2D eigenvalue weighted by Gasteiger charge is 2.09. The van der Waals surface area contributed by atoms with Crippen LogP contribution in [0.15, 0.2) is 24.4 Å². The Balaban J connectivity index is 2.60. The summed E-state index contributed by atoms with van der Waals surface area (Å²) in [7, 11) is -1.57. The molecule has 0 saturated carbocycles. The highest BCUT2D eigenvalue weighted by molar-refractivity contribution is 7.92. The first-order chi connectivity index (χ1) is 6.64. The van der Waals surface area contributed by atoms with Gasteiger partial charge in [-0.3, -0.25) is 4.72 Å². The first-order valence-electron chi connectivity index (χ1n) is 4.20. The van der Waals surface area contributed by atoms with Gasteiger partial charge in [-0.15, -0.1) is 0 Å². The summed E-state index contributed by atoms with van der Waals surface area (Å²) in [4.78, 5) is 3.86. The summed E-state index contributed by atoms with van der Waals surface area (Å²) in [6.45, 7) is 0.419. The van der Waals surface area contributed by atoms with Crippen molar-refractivity contribution in [2.24, 2.45) is 0 Å². The van der Waals surface area contributed by atoms with Crippen molar-refractivity contribution < 1.29 is 8.42 Å². The highest BCUT2D eigenvalue weighted by atomic mass is 32.2. The second-order valence-corrected chi connectivity index (χ2v) is 4.58. The third-order valence-corrected chi connectivity index (χ3v) is 2.81. The Bertz CT molecular complexity index is 363. The summed E-state index contributed by atoms with van der Waals surface area (Å²) in [5.74, 6) is 0.392. The molecule has 14 heavy (non-hydrogen) atoms. The molecule has 6 heteroatoms. The maximum atomic E-state index is 11.4. The maximum Gasteiger partial charge on any atom is 0.235 e. The van der Waals surface area contributed by atoms with Gasteiger partial charge in [0.15, 0.2) is 0 Å². The van der Waals surface area contributed by atoms with E-state index >= 15 is 0 Å². The van der Waals surface area contributed by atoms with Gasteiger partial charge < -0.3 is 5.32 Å². The van der Waals surface area contributed by atoms with Crippen LogP contribution in [0, 0.1) is 0 Å². The highest BCUT2D eigenvalue weighted by Crippen LogP contribution is 2.02. The zero-order valence-electron chi connectivity index (χ0n) is 7.90. The summed E-state index contributed by atoms with van der Waals surface area (Å²) >= 11 is 0. The number of pyridine rings is 1. The second-order valence-electron chi connectivity index (χ2n) is 2.74. The molecule has 0 fully saturated rings. The van der Waals surface area contributed by atoms with Crippen molar-refractivity contribution in [1.82, 2.24) is 10.3 Å². The normalized spacial score (nSPS) is 11.2. The van der Waals surface area contributed by atoms with Crippen LogP contribution in [-0.2, 0) is 10.0 Å². The molecular weight excluding hydrogens is 202 g/mol. The molecule has 2 N–H and O–H groups in total. The molecule has 1 rings (SSSR count). The topological polar surface area (TPSA) is 71.1 Å². The number of aromatic nitrogens is 1. The van der Waals surface area contributed by atoms with E-state index in [2.05, 4.69) is 15.0 Å². The van der Waals surface area contributed by atoms with Crippen molar-refractivity contribution in [1.29, 1.82) is 0 Å². The minimum Gasteiger partial charge on any atom is -0.319 e. The summed E-state index contributed by atoms with van der Waals surface area (Å²) in [6.07, 6.45) is 1.54. The molecule has 0 aromatic carbocycles. The van der Waals surface area contributed by atoms with Crippen LogP contribution in [-0.4, -0.2) is 32.7 Å². The molecule has 5 nitrogen and oxygen atoms in total. The van der Waals surface area contributed by atoms with Crippen LogP contribution in [0.25, 0.3) is 0 Å². The molecule has 0 aliphatic carbocycles. The average Bonchev–Trinajstić information content (AvgIpc) is 2.16. The predicted octanol–water partition coefficient (Wildman–Crippen LogP) is 0.0427. The third-order valence-electron chi connectivity index (χ3n) is 1.55. The van der Waals surface area contributed by atoms with Gasteiger partial charge in [0.05, 0.1) is 5.75 Å². The lowest BCUT2D eigenvalue weighted by atomic mass is 10.5. The van der Waals surface area contributed by atoms with Gasteiger partial charge in [0.1, 0.15) is 5.82 Å². The van der Waals surface area contributed by atoms with E-state index in [1.165, 1.54) is 6.20 Å². The molecule has 0 saturated heterocycles. The Morgan fingerprint density at radius 2 is 2.21 bits per heavy atom. The van der Waals surface area contributed by atoms with Crippen LogP contribution in [0.2, 0.25) is 0 Å². The summed E-state index contributed by atoms with van der Waals surface area (Å²) in [6, 6.07) is 5.06. The van der Waals surface area contributed by atoms with E-state index in [9.17, 15) is 8.42 Å². The molecule has 78 valence electrons. The van der Waals surface area contributed by atoms with Gasteiger partial charge >= 0.3 is 0 Å². The van der Waals surface area contributed by atoms with Crippen LogP contribution < -0.4 is 10.0 Å². The van der Waals surface area contributed by atoms with E-state index in [0.717, 1.165) is 0 Å². The lowest BCUT2D eigenvalue weighted by Gasteiger charge is -2.05. The zero-order valence-corrected chi connectivity index (χ0v) is 8.71. The molecule has 0 aliphatic heterocycles. The molecule has 1 aromatic rings. The number of nitrogens with one attached hydrogen (secondary N) is 2. The summed E-state index contributed by atoms with van der Waals surface area (Å²) in [5, 5.41) is 2.77. The fraction of sp³-hybridized carbons (Fsp3) is 0.375. The van der Waals surface area contributed by atoms with Crippen molar-refractivity contribution in [3.63, 3.8) is 0 Å². The van der Waals surface area contributed by atoms with Gasteiger partial charge in [-0.1, -0.05) is 6.07 Å². The molecule has 0 radical (unpaired) electrons. The standard InChI is InChI=1S/C8H13N3O2S/c1-9-6-7-14(12,13)11-8-4-2-3-5-10-8/h2-5,9H,6-7H2,1H3,(H,10,11). The van der Waals surface area contributed by atoms with E-state index in [1.54, 1.807) is 25.2 Å². The first kappa shape index (κ1) is 10.9. The first-order valence-corrected chi connectivity index (χ1v) is 5.85. The van der Waals surface area contributed by atoms with Crippen molar-refractivity contribution in [2.75, 3.05) is 24.1 Å². The minimum absolute atomic E-state index is 0.0417. The predicted molar refractivity (Wildman–Crippen MR) is 55.6 cm³/mol. The zero-order chi connectivity index (χ0) is 10.4. The van der Waals surface area contributed by atoms with Gasteiger partial charge in [-0.2, -0.15) is 0 Å². The Morgan fingerprint density at radius 3 is 2.79 bits per heavy atom. The Kier molecular flexibility index (Phi) is 3.84. The van der Waals surface area contributed by atoms with E-state index in [0.29, 0.717) is 12.4 Å². The molecule has 0 bridgehead atoms. The quantitative estimate of drug-likeness (QED) is 0.727. The number of rotatable bonds is 5. The monoisotopic (exact) mass is 215 g/mol. The summed E-state index contributed by atoms with van der Waals surface area (Å²) in [5.41, 5.74) is 0. The van der Waals surface area contributed by atoms with Crippen molar-refractivity contribution in [3.05, 3.63) is 24.4 Å². The van der Waals surface area contributed by atoms with Crippen LogP contribution in [0.5, 0.6) is 0 Å². The molecule has 0 atom stereocenters. The van der Waals surface area contributed by atoms with Gasteiger partial charge in [-0.25, -0.2) is 13.4 Å². The lowest BCUT2D eigenvalue weighted by molar-refractivity contribution is 0.598. The largest absolute Gasteiger partial charge is 0.319 e. The van der Waals surface area contributed by atoms with Crippen LogP contribution >= 0.6 is 0 Å². The molecule has 0 amide bonds. The van der Waals surface area contributed by atoms with E-state index in [1.807, 2.05) is 0 Å². The van der Waals surface area contributed by atoms with E-state index in [4.69, 9.17) is 0 Å². The fourth-order valence-electron chi connectivity index (χ4n) is 0.870. The number of anilines is 1. The Labute approximate surface area is 83.6 Å².